The van der Waals surface area contributed by atoms with E-state index in [9.17, 15) is 8.42 Å². The fraction of sp³-hybridized carbons (Fsp3) is 0. The van der Waals surface area contributed by atoms with E-state index < -0.39 is 10.1 Å². The summed E-state index contributed by atoms with van der Waals surface area (Å²) in [4.78, 5) is 0. The Morgan fingerprint density at radius 2 is 1.29 bits per heavy atom. The molecule has 21 heavy (non-hydrogen) atoms. The Morgan fingerprint density at radius 1 is 0.810 bits per heavy atom. The summed E-state index contributed by atoms with van der Waals surface area (Å²) in [5, 5.41) is 1.04. The van der Waals surface area contributed by atoms with Crippen LogP contribution in [0.1, 0.15) is 12.6 Å². The van der Waals surface area contributed by atoms with Crippen LogP contribution < -0.4 is 29.6 Å². The van der Waals surface area contributed by atoms with Crippen LogP contribution in [-0.4, -0.2) is 8.42 Å². The minimum atomic E-state index is -3.72. The zero-order valence-corrected chi connectivity index (χ0v) is 14.5. The van der Waals surface area contributed by atoms with Crippen LogP contribution in [-0.2, 0) is 14.3 Å². The Labute approximate surface area is 148 Å². The van der Waals surface area contributed by atoms with Crippen molar-refractivity contribution in [3.8, 4) is 0 Å². The summed E-state index contributed by atoms with van der Waals surface area (Å²) < 4.78 is 28.0. The maximum Gasteiger partial charge on any atom is 1.00 e. The molecule has 0 bridgehead atoms. The van der Waals surface area contributed by atoms with Gasteiger partial charge in [-0.3, -0.25) is 0 Å². The maximum atomic E-state index is 11.6. The van der Waals surface area contributed by atoms with E-state index in [1.165, 1.54) is 12.3 Å². The monoisotopic (exact) mass is 310 g/mol. The fourth-order valence-corrected chi connectivity index (χ4v) is 2.10. The summed E-state index contributed by atoms with van der Waals surface area (Å²) in [5.41, 5.74) is 1.67. The molecule has 0 amide bonds. The zero-order valence-electron chi connectivity index (χ0n) is 12.7. The molecule has 5 heteroatoms. The molecule has 0 N–H and O–H groups in total. The van der Waals surface area contributed by atoms with Crippen molar-refractivity contribution in [2.45, 2.75) is 0 Å². The molecule has 0 fully saturated rings. The molecule has 0 aliphatic heterocycles. The summed E-state index contributed by atoms with van der Waals surface area (Å²) in [6, 6.07) is 18.5. The molecule has 0 aliphatic rings. The molecule has 0 heterocycles. The summed E-state index contributed by atoms with van der Waals surface area (Å²) in [7, 11) is -3.72. The van der Waals surface area contributed by atoms with Gasteiger partial charge in [-0.1, -0.05) is 60.7 Å². The second kappa shape index (κ2) is 8.85. The van der Waals surface area contributed by atoms with E-state index in [0.717, 1.165) is 16.5 Å². The van der Waals surface area contributed by atoms with Gasteiger partial charge in [-0.15, -0.1) is 0 Å². The molecule has 0 radical (unpaired) electrons. The molecule has 2 rings (SSSR count). The topological polar surface area (TPSA) is 43.4 Å². The third-order valence-corrected chi connectivity index (χ3v) is 3.33. The Morgan fingerprint density at radius 3 is 1.81 bits per heavy atom. The van der Waals surface area contributed by atoms with Gasteiger partial charge in [-0.25, -0.2) is 0 Å². The van der Waals surface area contributed by atoms with Crippen molar-refractivity contribution in [1.82, 2.24) is 0 Å². The molecule has 0 aliphatic carbocycles. The van der Waals surface area contributed by atoms with Crippen LogP contribution in [0.25, 0.3) is 12.2 Å². The molecule has 0 spiro atoms. The first-order chi connectivity index (χ1) is 9.66. The molecular formula is C16H15NaO3S. The van der Waals surface area contributed by atoms with E-state index in [1.54, 1.807) is 6.08 Å². The third-order valence-electron chi connectivity index (χ3n) is 2.48. The van der Waals surface area contributed by atoms with Gasteiger partial charge in [0.1, 0.15) is 6.26 Å². The SMILES string of the molecule is O=S(=O)(C=Cc1ccccc1)OC=Cc1ccccc1.[H-].[Na+]. The normalized spacial score (nSPS) is 11.4. The van der Waals surface area contributed by atoms with Crippen molar-refractivity contribution in [3.63, 3.8) is 0 Å². The van der Waals surface area contributed by atoms with Crippen LogP contribution in [0.4, 0.5) is 0 Å². The molecular weight excluding hydrogens is 295 g/mol. The van der Waals surface area contributed by atoms with Gasteiger partial charge >= 0.3 is 39.7 Å². The standard InChI is InChI=1S/C16H14O3S.Na.H/c17-20(18,14-12-16-9-5-2-6-10-16)19-13-11-15-7-3-1-4-8-15;;/h1-14H;;/q;+1;-1. The van der Waals surface area contributed by atoms with E-state index in [2.05, 4.69) is 0 Å². The van der Waals surface area contributed by atoms with Crippen molar-refractivity contribution in [2.24, 2.45) is 0 Å². The van der Waals surface area contributed by atoms with Crippen molar-refractivity contribution in [1.29, 1.82) is 0 Å². The summed E-state index contributed by atoms with van der Waals surface area (Å²) in [6.45, 7) is 0. The van der Waals surface area contributed by atoms with Crippen LogP contribution >= 0.6 is 0 Å². The molecule has 104 valence electrons. The van der Waals surface area contributed by atoms with Gasteiger partial charge in [0.15, 0.2) is 0 Å². The van der Waals surface area contributed by atoms with Crippen molar-refractivity contribution >= 4 is 22.3 Å². The Hall–Kier alpha value is -1.33. The van der Waals surface area contributed by atoms with Crippen molar-refractivity contribution in [2.75, 3.05) is 0 Å². The second-order valence-electron chi connectivity index (χ2n) is 4.02. The summed E-state index contributed by atoms with van der Waals surface area (Å²) in [5.74, 6) is 0. The van der Waals surface area contributed by atoms with E-state index >= 15 is 0 Å². The number of hydrogen-bond donors (Lipinski definition) is 0. The van der Waals surface area contributed by atoms with Crippen molar-refractivity contribution in [3.05, 3.63) is 83.5 Å². The second-order valence-corrected chi connectivity index (χ2v) is 5.47. The first-order valence-electron chi connectivity index (χ1n) is 6.04. The third kappa shape index (κ3) is 6.78. The number of rotatable bonds is 5. The van der Waals surface area contributed by atoms with Gasteiger partial charge in [0.25, 0.3) is 0 Å². The Balaban J connectivity index is 0.00000220. The minimum Gasteiger partial charge on any atom is -1.00 e. The summed E-state index contributed by atoms with van der Waals surface area (Å²) >= 11 is 0. The summed E-state index contributed by atoms with van der Waals surface area (Å²) in [6.07, 6.45) is 4.25. The van der Waals surface area contributed by atoms with Crippen molar-refractivity contribution < 1.29 is 43.6 Å². The number of benzene rings is 2. The Kier molecular flexibility index (Phi) is 7.47. The van der Waals surface area contributed by atoms with Crippen LogP contribution in [0.15, 0.2) is 72.3 Å². The first-order valence-corrected chi connectivity index (χ1v) is 7.51. The predicted octanol–water partition coefficient (Wildman–Crippen LogP) is 0.791. The van der Waals surface area contributed by atoms with Gasteiger partial charge in [-0.2, -0.15) is 8.42 Å². The average molecular weight is 310 g/mol. The van der Waals surface area contributed by atoms with E-state index in [0.29, 0.717) is 0 Å². The molecule has 2 aromatic rings. The average Bonchev–Trinajstić information content (AvgIpc) is 2.47. The van der Waals surface area contributed by atoms with E-state index in [-0.39, 0.29) is 31.0 Å². The van der Waals surface area contributed by atoms with E-state index in [4.69, 9.17) is 4.18 Å². The van der Waals surface area contributed by atoms with Gasteiger partial charge < -0.3 is 5.61 Å². The van der Waals surface area contributed by atoms with Gasteiger partial charge in [0.05, 0.1) is 5.41 Å². The molecule has 0 unspecified atom stereocenters. The molecule has 2 aromatic carbocycles. The first kappa shape index (κ1) is 17.7. The van der Waals surface area contributed by atoms with Crippen LogP contribution in [0, 0.1) is 0 Å². The largest absolute Gasteiger partial charge is 1.00 e. The molecule has 0 aromatic heterocycles. The molecule has 0 atom stereocenters. The maximum absolute atomic E-state index is 11.6. The van der Waals surface area contributed by atoms with Gasteiger partial charge in [0.2, 0.25) is 0 Å². The van der Waals surface area contributed by atoms with Crippen LogP contribution in [0.3, 0.4) is 0 Å². The van der Waals surface area contributed by atoms with Crippen LogP contribution in [0.5, 0.6) is 0 Å². The molecule has 0 saturated carbocycles. The fourth-order valence-electron chi connectivity index (χ4n) is 1.51. The predicted molar refractivity (Wildman–Crippen MR) is 82.1 cm³/mol. The smallest absolute Gasteiger partial charge is 1.00 e. The molecule has 3 nitrogen and oxygen atoms in total. The van der Waals surface area contributed by atoms with Crippen LogP contribution in [0.2, 0.25) is 0 Å². The molecule has 0 saturated heterocycles. The quantitative estimate of drug-likeness (QED) is 0.466. The van der Waals surface area contributed by atoms with E-state index in [1.807, 2.05) is 60.7 Å². The van der Waals surface area contributed by atoms with Gasteiger partial charge in [0, 0.05) is 0 Å². The van der Waals surface area contributed by atoms with Gasteiger partial charge in [-0.05, 0) is 23.3 Å². The minimum absolute atomic E-state index is 0. The zero-order chi connectivity index (χ0) is 14.3. The Bertz CT molecular complexity index is 699. The number of hydrogen-bond acceptors (Lipinski definition) is 3.